The standard InChI is InChI=1S/C18H23N3O3S/c22-25(23,20-9-11-24-12-10-20)21-8-6-15(14-21)13-16-5-7-19-18-4-2-1-3-17(16)18/h1-5,7,15H,6,8-14H2. The molecular formula is C18H23N3O3S. The van der Waals surface area contributed by atoms with Crippen LogP contribution in [0.2, 0.25) is 0 Å². The first-order valence-corrected chi connectivity index (χ1v) is 10.2. The van der Waals surface area contributed by atoms with Gasteiger partial charge in [0.25, 0.3) is 10.2 Å². The van der Waals surface area contributed by atoms with Crippen LogP contribution < -0.4 is 0 Å². The average Bonchev–Trinajstić information content (AvgIpc) is 3.12. The lowest BCUT2D eigenvalue weighted by atomic mass is 9.96. The highest BCUT2D eigenvalue weighted by Crippen LogP contribution is 2.27. The highest BCUT2D eigenvalue weighted by Gasteiger charge is 2.36. The largest absolute Gasteiger partial charge is 0.379 e. The van der Waals surface area contributed by atoms with Gasteiger partial charge < -0.3 is 4.74 Å². The minimum absolute atomic E-state index is 0.349. The van der Waals surface area contributed by atoms with Gasteiger partial charge in [-0.1, -0.05) is 18.2 Å². The molecule has 2 aliphatic heterocycles. The Morgan fingerprint density at radius 3 is 2.72 bits per heavy atom. The van der Waals surface area contributed by atoms with E-state index in [4.69, 9.17) is 4.74 Å². The van der Waals surface area contributed by atoms with E-state index in [1.807, 2.05) is 24.4 Å². The van der Waals surface area contributed by atoms with Gasteiger partial charge in [0.05, 0.1) is 18.7 Å². The number of rotatable bonds is 4. The van der Waals surface area contributed by atoms with Crippen LogP contribution in [0.3, 0.4) is 0 Å². The van der Waals surface area contributed by atoms with Crippen molar-refractivity contribution in [1.82, 2.24) is 13.6 Å². The smallest absolute Gasteiger partial charge is 0.282 e. The van der Waals surface area contributed by atoms with Gasteiger partial charge in [0.15, 0.2) is 0 Å². The summed E-state index contributed by atoms with van der Waals surface area (Å²) in [6.45, 7) is 3.08. The Labute approximate surface area is 148 Å². The second-order valence-corrected chi connectivity index (χ2v) is 8.65. The molecule has 0 saturated carbocycles. The fourth-order valence-corrected chi connectivity index (χ4v) is 5.43. The van der Waals surface area contributed by atoms with Gasteiger partial charge in [-0.05, 0) is 36.5 Å². The van der Waals surface area contributed by atoms with E-state index >= 15 is 0 Å². The number of hydrogen-bond donors (Lipinski definition) is 0. The van der Waals surface area contributed by atoms with Crippen molar-refractivity contribution in [3.05, 3.63) is 42.1 Å². The lowest BCUT2D eigenvalue weighted by Gasteiger charge is -2.30. The van der Waals surface area contributed by atoms with Gasteiger partial charge in [-0.15, -0.1) is 0 Å². The van der Waals surface area contributed by atoms with Crippen molar-refractivity contribution in [3.63, 3.8) is 0 Å². The van der Waals surface area contributed by atoms with E-state index < -0.39 is 10.2 Å². The topological polar surface area (TPSA) is 62.7 Å². The zero-order chi connectivity index (χ0) is 17.3. The van der Waals surface area contributed by atoms with Gasteiger partial charge in [-0.25, -0.2) is 0 Å². The number of ether oxygens (including phenoxy) is 1. The van der Waals surface area contributed by atoms with Crippen LogP contribution in [0.1, 0.15) is 12.0 Å². The van der Waals surface area contributed by atoms with Gasteiger partial charge in [0.2, 0.25) is 0 Å². The van der Waals surface area contributed by atoms with Crippen LogP contribution in [0.25, 0.3) is 10.9 Å². The number of morpholine rings is 1. The fraction of sp³-hybridized carbons (Fsp3) is 0.500. The first-order chi connectivity index (χ1) is 12.1. The Hall–Kier alpha value is -1.54. The molecule has 4 rings (SSSR count). The minimum atomic E-state index is -3.36. The molecular weight excluding hydrogens is 338 g/mol. The molecule has 0 radical (unpaired) electrons. The number of hydrogen-bond acceptors (Lipinski definition) is 4. The third kappa shape index (κ3) is 3.42. The molecule has 134 valence electrons. The van der Waals surface area contributed by atoms with Crippen molar-refractivity contribution in [2.75, 3.05) is 39.4 Å². The molecule has 1 aromatic carbocycles. The maximum Gasteiger partial charge on any atom is 0.282 e. The summed E-state index contributed by atoms with van der Waals surface area (Å²) in [6, 6.07) is 10.2. The molecule has 1 unspecified atom stereocenters. The first kappa shape index (κ1) is 16.9. The summed E-state index contributed by atoms with van der Waals surface area (Å²) in [6.07, 6.45) is 3.63. The predicted octanol–water partition coefficient (Wildman–Crippen LogP) is 1.68. The van der Waals surface area contributed by atoms with Gasteiger partial charge in [0, 0.05) is 37.8 Å². The van der Waals surface area contributed by atoms with E-state index in [2.05, 4.69) is 17.1 Å². The molecule has 7 heteroatoms. The molecule has 6 nitrogen and oxygen atoms in total. The fourth-order valence-electron chi connectivity index (χ4n) is 3.76. The number of nitrogens with zero attached hydrogens (tertiary/aromatic N) is 3. The molecule has 1 atom stereocenters. The Bertz CT molecular complexity index is 844. The van der Waals surface area contributed by atoms with E-state index in [0.717, 1.165) is 18.4 Å². The maximum atomic E-state index is 12.8. The summed E-state index contributed by atoms with van der Waals surface area (Å²) in [4.78, 5) is 4.41. The summed E-state index contributed by atoms with van der Waals surface area (Å²) < 4.78 is 34.0. The van der Waals surface area contributed by atoms with Gasteiger partial charge in [0.1, 0.15) is 0 Å². The van der Waals surface area contributed by atoms with Crippen LogP contribution >= 0.6 is 0 Å². The molecule has 0 N–H and O–H groups in total. The van der Waals surface area contributed by atoms with Crippen molar-refractivity contribution in [3.8, 4) is 0 Å². The SMILES string of the molecule is O=S(=O)(N1CCOCC1)N1CCC(Cc2ccnc3ccccc23)C1. The predicted molar refractivity (Wildman–Crippen MR) is 96.4 cm³/mol. The molecule has 2 aromatic rings. The Morgan fingerprint density at radius 1 is 1.08 bits per heavy atom. The Morgan fingerprint density at radius 2 is 1.88 bits per heavy atom. The summed E-state index contributed by atoms with van der Waals surface area (Å²) >= 11 is 0. The third-order valence-electron chi connectivity index (χ3n) is 5.12. The molecule has 1 aromatic heterocycles. The summed E-state index contributed by atoms with van der Waals surface area (Å²) in [7, 11) is -3.36. The monoisotopic (exact) mass is 361 g/mol. The van der Waals surface area contributed by atoms with E-state index in [1.54, 1.807) is 8.61 Å². The Balaban J connectivity index is 1.47. The molecule has 2 fully saturated rings. The van der Waals surface area contributed by atoms with Crippen LogP contribution in [0.4, 0.5) is 0 Å². The second-order valence-electron chi connectivity index (χ2n) is 6.72. The molecule has 25 heavy (non-hydrogen) atoms. The third-order valence-corrected chi connectivity index (χ3v) is 7.12. The van der Waals surface area contributed by atoms with Crippen molar-refractivity contribution in [2.24, 2.45) is 5.92 Å². The van der Waals surface area contributed by atoms with Crippen molar-refractivity contribution >= 4 is 21.1 Å². The number of benzene rings is 1. The lowest BCUT2D eigenvalue weighted by molar-refractivity contribution is 0.0705. The second kappa shape index (κ2) is 6.99. The van der Waals surface area contributed by atoms with Gasteiger partial charge in [-0.3, -0.25) is 4.98 Å². The number of fused-ring (bicyclic) bond motifs is 1. The lowest BCUT2D eigenvalue weighted by Crippen LogP contribution is -2.47. The van der Waals surface area contributed by atoms with Crippen molar-refractivity contribution < 1.29 is 13.2 Å². The minimum Gasteiger partial charge on any atom is -0.379 e. The van der Waals surface area contributed by atoms with Crippen LogP contribution in [0, 0.1) is 5.92 Å². The van der Waals surface area contributed by atoms with Crippen LogP contribution in [-0.2, 0) is 21.4 Å². The van der Waals surface area contributed by atoms with Crippen LogP contribution in [-0.4, -0.2) is 61.4 Å². The summed E-state index contributed by atoms with van der Waals surface area (Å²) in [5.74, 6) is 0.349. The molecule has 0 amide bonds. The zero-order valence-corrected chi connectivity index (χ0v) is 15.0. The average molecular weight is 361 g/mol. The maximum absolute atomic E-state index is 12.8. The van der Waals surface area contributed by atoms with E-state index in [9.17, 15) is 8.42 Å². The quantitative estimate of drug-likeness (QED) is 0.831. The van der Waals surface area contributed by atoms with Crippen LogP contribution in [0.5, 0.6) is 0 Å². The van der Waals surface area contributed by atoms with Crippen LogP contribution in [0.15, 0.2) is 36.5 Å². The van der Waals surface area contributed by atoms with E-state index in [0.29, 0.717) is 45.3 Å². The Kier molecular flexibility index (Phi) is 4.73. The molecule has 3 heterocycles. The molecule has 0 spiro atoms. The first-order valence-electron chi connectivity index (χ1n) is 8.80. The molecule has 2 aliphatic rings. The summed E-state index contributed by atoms with van der Waals surface area (Å²) in [5, 5.41) is 1.17. The normalized spacial score (nSPS) is 23.3. The van der Waals surface area contributed by atoms with Crippen molar-refractivity contribution in [2.45, 2.75) is 12.8 Å². The van der Waals surface area contributed by atoms with E-state index in [1.165, 1.54) is 10.9 Å². The number of pyridine rings is 1. The number of para-hydroxylation sites is 1. The van der Waals surface area contributed by atoms with Gasteiger partial charge in [-0.2, -0.15) is 17.0 Å². The zero-order valence-electron chi connectivity index (χ0n) is 14.2. The van der Waals surface area contributed by atoms with E-state index in [-0.39, 0.29) is 0 Å². The molecule has 0 aliphatic carbocycles. The highest BCUT2D eigenvalue weighted by molar-refractivity contribution is 7.86. The van der Waals surface area contributed by atoms with Gasteiger partial charge >= 0.3 is 0 Å². The molecule has 2 saturated heterocycles. The molecule has 0 bridgehead atoms. The van der Waals surface area contributed by atoms with Crippen molar-refractivity contribution in [1.29, 1.82) is 0 Å². The summed E-state index contributed by atoms with van der Waals surface area (Å²) in [5.41, 5.74) is 2.25. The number of aromatic nitrogens is 1. The highest BCUT2D eigenvalue weighted by atomic mass is 32.2.